The molecule has 2 aromatic carbocycles. The molecule has 222 valence electrons. The van der Waals surface area contributed by atoms with Crippen molar-refractivity contribution < 1.29 is 33.0 Å². The van der Waals surface area contributed by atoms with Gasteiger partial charge in [0, 0.05) is 11.6 Å². The number of alkyl halides is 1. The van der Waals surface area contributed by atoms with E-state index in [0.29, 0.717) is 8.96 Å². The standard InChI is InChI=1S/C26H31ClIN4O8P/c1-14(2)38-23(34)15(3)31-41(36,40-19-11-7-9-16-8-5-6-10-17(16)19)37-13-20-21(33)26(4,27)24(39-20)32-12-18(28)22(29)30-25(32)35/h5-12,14-15,20-21,24,33H,13H2,1-4H3,(H,31,36)(H2,29,30,35)/t15-,20-,21-,24-,26-,41+/m1/s1. The van der Waals surface area contributed by atoms with Crippen molar-refractivity contribution in [2.24, 2.45) is 0 Å². The Morgan fingerprint density at radius 1 is 1.29 bits per heavy atom. The molecule has 0 bridgehead atoms. The predicted molar refractivity (Wildman–Crippen MR) is 162 cm³/mol. The van der Waals surface area contributed by atoms with Crippen molar-refractivity contribution in [1.29, 1.82) is 0 Å². The summed E-state index contributed by atoms with van der Waals surface area (Å²) in [4.78, 5) is 27.4. The number of aromatic nitrogens is 2. The van der Waals surface area contributed by atoms with Crippen LogP contribution >= 0.6 is 41.9 Å². The summed E-state index contributed by atoms with van der Waals surface area (Å²) in [5.74, 6) is -0.379. The van der Waals surface area contributed by atoms with Crippen LogP contribution in [0.5, 0.6) is 5.75 Å². The van der Waals surface area contributed by atoms with Crippen LogP contribution in [-0.4, -0.2) is 56.5 Å². The highest BCUT2D eigenvalue weighted by Gasteiger charge is 2.54. The molecular formula is C26H31ClIN4O8P. The van der Waals surface area contributed by atoms with Crippen molar-refractivity contribution in [1.82, 2.24) is 14.6 Å². The molecule has 15 heteroatoms. The van der Waals surface area contributed by atoms with Gasteiger partial charge in [0.15, 0.2) is 6.23 Å². The zero-order valence-corrected chi connectivity index (χ0v) is 26.5. The maximum Gasteiger partial charge on any atom is 0.459 e. The Morgan fingerprint density at radius 3 is 2.68 bits per heavy atom. The maximum atomic E-state index is 14.1. The number of ether oxygens (including phenoxy) is 2. The first kappa shape index (κ1) is 31.7. The quantitative estimate of drug-likeness (QED) is 0.120. The molecule has 0 amide bonds. The van der Waals surface area contributed by atoms with Crippen molar-refractivity contribution >= 4 is 64.5 Å². The Labute approximate surface area is 255 Å². The highest BCUT2D eigenvalue weighted by atomic mass is 127. The number of nitrogens with zero attached hydrogens (tertiary/aromatic N) is 2. The summed E-state index contributed by atoms with van der Waals surface area (Å²) >= 11 is 8.58. The number of benzene rings is 2. The van der Waals surface area contributed by atoms with Crippen LogP contribution in [0.15, 0.2) is 53.5 Å². The van der Waals surface area contributed by atoms with Gasteiger partial charge in [-0.3, -0.25) is 13.9 Å². The van der Waals surface area contributed by atoms with Crippen LogP contribution in [0, 0.1) is 3.57 Å². The minimum atomic E-state index is -4.32. The molecule has 0 aliphatic carbocycles. The summed E-state index contributed by atoms with van der Waals surface area (Å²) in [5, 5.41) is 15.1. The highest BCUT2D eigenvalue weighted by Crippen LogP contribution is 2.49. The summed E-state index contributed by atoms with van der Waals surface area (Å²) < 4.78 is 38.6. The van der Waals surface area contributed by atoms with Gasteiger partial charge in [0.25, 0.3) is 0 Å². The van der Waals surface area contributed by atoms with Gasteiger partial charge in [-0.1, -0.05) is 36.4 Å². The van der Waals surface area contributed by atoms with E-state index in [-0.39, 0.29) is 11.6 Å². The Kier molecular flexibility index (Phi) is 9.69. The summed E-state index contributed by atoms with van der Waals surface area (Å²) in [6.45, 7) is 5.86. The number of rotatable bonds is 10. The molecule has 4 rings (SSSR count). The number of anilines is 1. The number of esters is 1. The molecule has 0 saturated carbocycles. The van der Waals surface area contributed by atoms with Gasteiger partial charge in [0.2, 0.25) is 0 Å². The molecule has 1 aliphatic heterocycles. The van der Waals surface area contributed by atoms with E-state index in [9.17, 15) is 19.3 Å². The van der Waals surface area contributed by atoms with Crippen molar-refractivity contribution in [3.63, 3.8) is 0 Å². The van der Waals surface area contributed by atoms with E-state index in [0.717, 1.165) is 9.95 Å². The third-order valence-corrected chi connectivity index (χ3v) is 9.21. The smallest absolute Gasteiger partial charge is 0.459 e. The van der Waals surface area contributed by atoms with Gasteiger partial charge >= 0.3 is 19.4 Å². The molecular weight excluding hydrogens is 690 g/mol. The average molecular weight is 721 g/mol. The molecule has 1 saturated heterocycles. The highest BCUT2D eigenvalue weighted by molar-refractivity contribution is 14.1. The van der Waals surface area contributed by atoms with Crippen LogP contribution in [0.2, 0.25) is 0 Å². The summed E-state index contributed by atoms with van der Waals surface area (Å²) in [7, 11) is -4.32. The lowest BCUT2D eigenvalue weighted by Gasteiger charge is -2.27. The second kappa shape index (κ2) is 12.5. The van der Waals surface area contributed by atoms with E-state index in [1.807, 2.05) is 40.8 Å². The normalized spacial score (nSPS) is 24.7. The lowest BCUT2D eigenvalue weighted by atomic mass is 10.0. The first-order valence-electron chi connectivity index (χ1n) is 12.7. The Morgan fingerprint density at radius 2 is 1.98 bits per heavy atom. The SMILES string of the molecule is CC(C)OC(=O)[C@@H](C)N[P@](=O)(OC[C@H]1O[C@@H](n2cc(I)c(N)nc2=O)[C@](C)(Cl)[C@@H]1O)Oc1cccc2ccccc12. The van der Waals surface area contributed by atoms with Crippen molar-refractivity contribution in [3.05, 3.63) is 62.7 Å². The van der Waals surface area contributed by atoms with Crippen LogP contribution in [0.25, 0.3) is 10.8 Å². The molecule has 41 heavy (non-hydrogen) atoms. The number of nitrogen functional groups attached to an aromatic ring is 1. The zero-order valence-electron chi connectivity index (χ0n) is 22.7. The molecule has 0 unspecified atom stereocenters. The molecule has 4 N–H and O–H groups in total. The Bertz CT molecular complexity index is 1530. The van der Waals surface area contributed by atoms with Gasteiger partial charge in [-0.05, 0) is 61.7 Å². The van der Waals surface area contributed by atoms with Gasteiger partial charge in [0.05, 0.1) is 16.3 Å². The Hall–Kier alpha value is -2.26. The predicted octanol–water partition coefficient (Wildman–Crippen LogP) is 3.97. The minimum Gasteiger partial charge on any atom is -0.462 e. The number of hydrogen-bond donors (Lipinski definition) is 3. The number of nitrogens with two attached hydrogens (primary N) is 1. The molecule has 1 fully saturated rings. The number of aliphatic hydroxyl groups is 1. The van der Waals surface area contributed by atoms with Crippen LogP contribution in [0.1, 0.15) is 33.9 Å². The van der Waals surface area contributed by atoms with E-state index in [4.69, 9.17) is 35.9 Å². The first-order valence-corrected chi connectivity index (χ1v) is 15.7. The van der Waals surface area contributed by atoms with Crippen LogP contribution in [-0.2, 0) is 23.4 Å². The largest absolute Gasteiger partial charge is 0.462 e. The Balaban J connectivity index is 1.60. The van der Waals surface area contributed by atoms with Gasteiger partial charge in [-0.2, -0.15) is 10.1 Å². The van der Waals surface area contributed by atoms with Crippen LogP contribution in [0.3, 0.4) is 0 Å². The molecule has 6 atom stereocenters. The molecule has 0 radical (unpaired) electrons. The first-order chi connectivity index (χ1) is 19.2. The minimum absolute atomic E-state index is 0.0456. The topological polar surface area (TPSA) is 164 Å². The van der Waals surface area contributed by atoms with E-state index in [1.165, 1.54) is 20.0 Å². The summed E-state index contributed by atoms with van der Waals surface area (Å²) in [6, 6.07) is 11.4. The number of aliphatic hydroxyl groups excluding tert-OH is 1. The fraction of sp³-hybridized carbons (Fsp3) is 0.423. The molecule has 1 aliphatic rings. The van der Waals surface area contributed by atoms with Gasteiger partial charge < -0.3 is 24.8 Å². The maximum absolute atomic E-state index is 14.1. The molecule has 1 aromatic heterocycles. The number of nitrogens with one attached hydrogen (secondary N) is 1. The lowest BCUT2D eigenvalue weighted by molar-refractivity contribution is -0.149. The number of fused-ring (bicyclic) bond motifs is 1. The van der Waals surface area contributed by atoms with E-state index < -0.39 is 61.5 Å². The molecule has 3 aromatic rings. The zero-order chi connectivity index (χ0) is 30.1. The number of hydrogen-bond acceptors (Lipinski definition) is 10. The third kappa shape index (κ3) is 7.04. The van der Waals surface area contributed by atoms with E-state index in [2.05, 4.69) is 10.1 Å². The third-order valence-electron chi connectivity index (χ3n) is 6.34. The lowest BCUT2D eigenvalue weighted by Crippen LogP contribution is -2.42. The fourth-order valence-corrected chi connectivity index (χ4v) is 6.51. The van der Waals surface area contributed by atoms with Crippen molar-refractivity contribution in [3.8, 4) is 5.75 Å². The molecule has 0 spiro atoms. The summed E-state index contributed by atoms with van der Waals surface area (Å²) in [5.41, 5.74) is 5.01. The van der Waals surface area contributed by atoms with E-state index >= 15 is 0 Å². The fourth-order valence-electron chi connectivity index (χ4n) is 4.27. The average Bonchev–Trinajstić information content (AvgIpc) is 3.13. The molecule has 2 heterocycles. The number of carbonyl (C=O) groups is 1. The summed E-state index contributed by atoms with van der Waals surface area (Å²) in [6.07, 6.45) is -2.65. The van der Waals surface area contributed by atoms with Crippen molar-refractivity contribution in [2.45, 2.75) is 63.2 Å². The second-order valence-electron chi connectivity index (χ2n) is 9.99. The van der Waals surface area contributed by atoms with Gasteiger partial charge in [-0.15, -0.1) is 11.6 Å². The number of halogens is 2. The van der Waals surface area contributed by atoms with Gasteiger partial charge in [0.1, 0.15) is 34.7 Å². The van der Waals surface area contributed by atoms with Crippen LogP contribution < -0.4 is 21.0 Å². The van der Waals surface area contributed by atoms with Crippen LogP contribution in [0.4, 0.5) is 5.82 Å². The molecule has 12 nitrogen and oxygen atoms in total. The van der Waals surface area contributed by atoms with Crippen molar-refractivity contribution in [2.75, 3.05) is 12.3 Å². The van der Waals surface area contributed by atoms with E-state index in [1.54, 1.807) is 38.1 Å². The van der Waals surface area contributed by atoms with Gasteiger partial charge in [-0.25, -0.2) is 9.36 Å². The second-order valence-corrected chi connectivity index (χ2v) is 13.7. The number of carbonyl (C=O) groups excluding carboxylic acids is 1. The monoisotopic (exact) mass is 720 g/mol.